The molecule has 0 saturated heterocycles. The number of hydrogen-bond acceptors (Lipinski definition) is 6. The van der Waals surface area contributed by atoms with E-state index in [4.69, 9.17) is 21.5 Å². The molecule has 2 rings (SSSR count). The minimum absolute atomic E-state index is 0.162. The molecule has 2 aromatic rings. The van der Waals surface area contributed by atoms with Crippen LogP contribution in [0.5, 0.6) is 0 Å². The lowest BCUT2D eigenvalue weighted by Crippen LogP contribution is -2.44. The van der Waals surface area contributed by atoms with Crippen molar-refractivity contribution < 1.29 is 27.5 Å². The topological polar surface area (TPSA) is 145 Å². The van der Waals surface area contributed by atoms with Gasteiger partial charge in [0.1, 0.15) is 4.90 Å². The minimum atomic E-state index is -4.15. The van der Waals surface area contributed by atoms with Crippen molar-refractivity contribution in [1.29, 1.82) is 0 Å². The average molecular weight is 440 g/mol. The lowest BCUT2D eigenvalue weighted by Gasteiger charge is -2.14. The van der Waals surface area contributed by atoms with Crippen molar-refractivity contribution in [3.05, 3.63) is 64.7 Å². The van der Waals surface area contributed by atoms with Crippen LogP contribution in [0.4, 0.5) is 4.79 Å². The van der Waals surface area contributed by atoms with E-state index in [1.807, 2.05) is 11.4 Å². The van der Waals surface area contributed by atoms with Gasteiger partial charge in [0.25, 0.3) is 5.91 Å². The van der Waals surface area contributed by atoms with Crippen LogP contribution in [0.3, 0.4) is 0 Å². The number of ether oxygens (including phenoxy) is 1. The predicted molar refractivity (Wildman–Crippen MR) is 105 cm³/mol. The Kier molecular flexibility index (Phi) is 7.32. The Morgan fingerprint density at radius 1 is 1.14 bits per heavy atom. The molecular weight excluding hydrogens is 422 g/mol. The molecule has 1 unspecified atom stereocenters. The van der Waals surface area contributed by atoms with Crippen LogP contribution >= 0.6 is 11.6 Å². The van der Waals surface area contributed by atoms with Crippen LogP contribution in [-0.4, -0.2) is 32.4 Å². The first-order chi connectivity index (χ1) is 13.6. The Morgan fingerprint density at radius 3 is 2.41 bits per heavy atom. The van der Waals surface area contributed by atoms with Crippen LogP contribution < -0.4 is 15.8 Å². The van der Waals surface area contributed by atoms with Crippen LogP contribution in [0.1, 0.15) is 22.8 Å². The van der Waals surface area contributed by atoms with E-state index in [1.54, 1.807) is 24.3 Å². The largest absolute Gasteiger partial charge is 0.449 e. The Bertz CT molecular complexity index is 1030. The number of nitrogens with two attached hydrogens (primary N) is 1. The molecule has 3 amide bonds. The lowest BCUT2D eigenvalue weighted by atomic mass is 10.2. The van der Waals surface area contributed by atoms with Crippen molar-refractivity contribution in [3.8, 4) is 0 Å². The molecule has 0 aliphatic heterocycles. The molecule has 1 atom stereocenters. The summed E-state index contributed by atoms with van der Waals surface area (Å²) in [4.78, 5) is 35.5. The molecule has 0 aromatic heterocycles. The third kappa shape index (κ3) is 6.56. The van der Waals surface area contributed by atoms with Crippen molar-refractivity contribution in [2.45, 2.75) is 24.5 Å². The quantitative estimate of drug-likeness (QED) is 0.582. The third-order valence-electron chi connectivity index (χ3n) is 3.66. The zero-order valence-electron chi connectivity index (χ0n) is 15.2. The van der Waals surface area contributed by atoms with Crippen molar-refractivity contribution in [1.82, 2.24) is 10.6 Å². The summed E-state index contributed by atoms with van der Waals surface area (Å²) in [6.07, 6.45) is -1.32. The zero-order chi connectivity index (χ0) is 21.6. The highest BCUT2D eigenvalue weighted by Gasteiger charge is 2.22. The maximum absolute atomic E-state index is 12.2. The fraction of sp³-hybridized carbons (Fsp3) is 0.167. The summed E-state index contributed by atoms with van der Waals surface area (Å²) < 4.78 is 27.9. The summed E-state index contributed by atoms with van der Waals surface area (Å²) in [5, 5.41) is 9.41. The summed E-state index contributed by atoms with van der Waals surface area (Å²) in [5.74, 6) is -1.84. The monoisotopic (exact) mass is 439 g/mol. The molecular formula is C18H18ClN3O6S. The molecule has 2 aromatic carbocycles. The molecule has 0 fully saturated rings. The van der Waals surface area contributed by atoms with Gasteiger partial charge in [0, 0.05) is 6.54 Å². The van der Waals surface area contributed by atoms with Gasteiger partial charge in [-0.1, -0.05) is 41.9 Å². The summed E-state index contributed by atoms with van der Waals surface area (Å²) in [6.45, 7) is 1.46. The van der Waals surface area contributed by atoms with E-state index in [-0.39, 0.29) is 17.1 Å². The summed E-state index contributed by atoms with van der Waals surface area (Å²) >= 11 is 5.75. The van der Waals surface area contributed by atoms with Crippen LogP contribution in [0, 0.1) is 0 Å². The number of imide groups is 1. The highest BCUT2D eigenvalue weighted by molar-refractivity contribution is 7.89. The van der Waals surface area contributed by atoms with Crippen molar-refractivity contribution in [2.24, 2.45) is 5.14 Å². The van der Waals surface area contributed by atoms with Gasteiger partial charge in [-0.25, -0.2) is 23.1 Å². The molecule has 4 N–H and O–H groups in total. The Morgan fingerprint density at radius 2 is 1.79 bits per heavy atom. The zero-order valence-corrected chi connectivity index (χ0v) is 16.8. The predicted octanol–water partition coefficient (Wildman–Crippen LogP) is 1.56. The number of amides is 3. The minimum Gasteiger partial charge on any atom is -0.449 e. The maximum Gasteiger partial charge on any atom is 0.338 e. The van der Waals surface area contributed by atoms with E-state index in [2.05, 4.69) is 5.32 Å². The molecule has 0 heterocycles. The second-order valence-corrected chi connectivity index (χ2v) is 7.83. The van der Waals surface area contributed by atoms with Gasteiger partial charge >= 0.3 is 12.0 Å². The number of esters is 1. The van der Waals surface area contributed by atoms with Gasteiger partial charge in [-0.3, -0.25) is 10.1 Å². The number of sulfonamides is 1. The third-order valence-corrected chi connectivity index (χ3v) is 5.05. The van der Waals surface area contributed by atoms with Crippen LogP contribution in [0.25, 0.3) is 0 Å². The highest BCUT2D eigenvalue weighted by atomic mass is 35.5. The van der Waals surface area contributed by atoms with Gasteiger partial charge < -0.3 is 10.1 Å². The lowest BCUT2D eigenvalue weighted by molar-refractivity contribution is -0.127. The van der Waals surface area contributed by atoms with Gasteiger partial charge in [-0.05, 0) is 30.7 Å². The molecule has 0 radical (unpaired) electrons. The van der Waals surface area contributed by atoms with Crippen LogP contribution in [0.15, 0.2) is 53.4 Å². The first-order valence-electron chi connectivity index (χ1n) is 8.24. The second kappa shape index (κ2) is 9.50. The summed E-state index contributed by atoms with van der Waals surface area (Å²) in [5.41, 5.74) is 0.662. The number of carbonyl (C=O) groups is 3. The standard InChI is InChI=1S/C18H18ClN3O6S/c1-11(16(23)22-18(25)21-10-12-5-3-2-4-6-12)28-17(24)13-7-8-14(19)15(9-13)29(20,26)27/h2-9,11H,10H2,1H3,(H2,20,26,27)(H2,21,22,23,25). The van der Waals surface area contributed by atoms with E-state index in [9.17, 15) is 22.8 Å². The normalized spacial score (nSPS) is 12.0. The van der Waals surface area contributed by atoms with Crippen LogP contribution in [0.2, 0.25) is 5.02 Å². The molecule has 29 heavy (non-hydrogen) atoms. The van der Waals surface area contributed by atoms with Crippen molar-refractivity contribution in [2.75, 3.05) is 0 Å². The number of benzene rings is 2. The SMILES string of the molecule is CC(OC(=O)c1ccc(Cl)c(S(N)(=O)=O)c1)C(=O)NC(=O)NCc1ccccc1. The molecule has 0 aliphatic carbocycles. The number of urea groups is 1. The number of nitrogens with one attached hydrogen (secondary N) is 2. The van der Waals surface area contributed by atoms with E-state index < -0.39 is 38.9 Å². The Labute approximate surface area is 172 Å². The fourth-order valence-corrected chi connectivity index (χ4v) is 3.24. The number of halogens is 1. The van der Waals surface area contributed by atoms with Crippen LogP contribution in [-0.2, 0) is 26.1 Å². The van der Waals surface area contributed by atoms with Gasteiger partial charge in [-0.15, -0.1) is 0 Å². The molecule has 154 valence electrons. The molecule has 0 bridgehead atoms. The first-order valence-corrected chi connectivity index (χ1v) is 10.2. The highest BCUT2D eigenvalue weighted by Crippen LogP contribution is 2.22. The summed E-state index contributed by atoms with van der Waals surface area (Å²) in [7, 11) is -4.15. The van der Waals surface area contributed by atoms with Gasteiger partial charge in [0.15, 0.2) is 6.10 Å². The van der Waals surface area contributed by atoms with Gasteiger partial charge in [0.05, 0.1) is 10.6 Å². The van der Waals surface area contributed by atoms with E-state index in [0.717, 1.165) is 11.6 Å². The number of hydrogen-bond donors (Lipinski definition) is 3. The molecule has 0 saturated carbocycles. The fourth-order valence-electron chi connectivity index (χ4n) is 2.17. The average Bonchev–Trinajstić information content (AvgIpc) is 2.66. The smallest absolute Gasteiger partial charge is 0.338 e. The van der Waals surface area contributed by atoms with E-state index in [0.29, 0.717) is 0 Å². The van der Waals surface area contributed by atoms with Crippen molar-refractivity contribution in [3.63, 3.8) is 0 Å². The number of primary sulfonamides is 1. The number of rotatable bonds is 6. The second-order valence-electron chi connectivity index (χ2n) is 5.90. The van der Waals surface area contributed by atoms with Gasteiger partial charge in [0.2, 0.25) is 10.0 Å². The Balaban J connectivity index is 1.93. The first kappa shape index (κ1) is 22.3. The molecule has 9 nitrogen and oxygen atoms in total. The van der Waals surface area contributed by atoms with E-state index in [1.165, 1.54) is 19.1 Å². The summed E-state index contributed by atoms with van der Waals surface area (Å²) in [6, 6.07) is 11.6. The van der Waals surface area contributed by atoms with E-state index >= 15 is 0 Å². The van der Waals surface area contributed by atoms with Gasteiger partial charge in [-0.2, -0.15) is 0 Å². The molecule has 11 heteroatoms. The maximum atomic E-state index is 12.2. The molecule has 0 spiro atoms. The van der Waals surface area contributed by atoms with Crippen molar-refractivity contribution >= 4 is 39.5 Å². The Hall–Kier alpha value is -2.95. The molecule has 0 aliphatic rings. The number of carbonyl (C=O) groups excluding carboxylic acids is 3.